The standard InChI is InChI=1S/C16H18FN3O3S2/c1-25(22,23)19-13-3-2-8-20(9-13)16(21)14-10-24-15(18-14)11-4-6-12(17)7-5-11/h4-7,10,13,19H,2-3,8-9H2,1H3. The molecular formula is C16H18FN3O3S2. The molecule has 1 fully saturated rings. The normalized spacial score (nSPS) is 18.3. The number of hydrogen-bond donors (Lipinski definition) is 1. The zero-order chi connectivity index (χ0) is 18.0. The number of carbonyl (C=O) groups is 1. The van der Waals surface area contributed by atoms with Crippen LogP contribution in [0.25, 0.3) is 10.6 Å². The molecule has 9 heteroatoms. The number of rotatable bonds is 4. The molecule has 1 unspecified atom stereocenters. The number of nitrogens with zero attached hydrogens (tertiary/aromatic N) is 2. The van der Waals surface area contributed by atoms with Gasteiger partial charge in [0.15, 0.2) is 0 Å². The van der Waals surface area contributed by atoms with Crippen LogP contribution in [0.5, 0.6) is 0 Å². The SMILES string of the molecule is CS(=O)(=O)NC1CCCN(C(=O)c2csc(-c3ccc(F)cc3)n2)C1. The Morgan fingerprint density at radius 2 is 2.08 bits per heavy atom. The van der Waals surface area contributed by atoms with Crippen LogP contribution >= 0.6 is 11.3 Å². The van der Waals surface area contributed by atoms with E-state index < -0.39 is 10.0 Å². The van der Waals surface area contributed by atoms with Gasteiger partial charge in [-0.15, -0.1) is 11.3 Å². The van der Waals surface area contributed by atoms with Crippen LogP contribution in [0.15, 0.2) is 29.6 Å². The molecule has 1 aromatic carbocycles. The molecule has 0 radical (unpaired) electrons. The van der Waals surface area contributed by atoms with E-state index in [1.54, 1.807) is 22.4 Å². The second-order valence-corrected chi connectivity index (χ2v) is 8.66. The highest BCUT2D eigenvalue weighted by atomic mass is 32.2. The fraction of sp³-hybridized carbons (Fsp3) is 0.375. The van der Waals surface area contributed by atoms with E-state index in [4.69, 9.17) is 0 Å². The molecule has 134 valence electrons. The third-order valence-electron chi connectivity index (χ3n) is 3.90. The maximum atomic E-state index is 13.0. The van der Waals surface area contributed by atoms with E-state index in [-0.39, 0.29) is 17.8 Å². The van der Waals surface area contributed by atoms with Gasteiger partial charge in [-0.1, -0.05) is 0 Å². The van der Waals surface area contributed by atoms with E-state index in [9.17, 15) is 17.6 Å². The zero-order valence-corrected chi connectivity index (χ0v) is 15.2. The first-order chi connectivity index (χ1) is 11.8. The summed E-state index contributed by atoms with van der Waals surface area (Å²) < 4.78 is 38.3. The van der Waals surface area contributed by atoms with Gasteiger partial charge in [0.05, 0.1) is 6.26 Å². The van der Waals surface area contributed by atoms with Gasteiger partial charge in [0, 0.05) is 30.1 Å². The summed E-state index contributed by atoms with van der Waals surface area (Å²) in [5.74, 6) is -0.543. The Kier molecular flexibility index (Phi) is 5.16. The first-order valence-corrected chi connectivity index (χ1v) is 10.6. The van der Waals surface area contributed by atoms with Crippen LogP contribution < -0.4 is 4.72 Å². The highest BCUT2D eigenvalue weighted by Crippen LogP contribution is 2.25. The summed E-state index contributed by atoms with van der Waals surface area (Å²) in [5.41, 5.74) is 1.07. The van der Waals surface area contributed by atoms with Crippen molar-refractivity contribution in [2.24, 2.45) is 0 Å². The molecule has 1 aliphatic rings. The molecule has 0 saturated carbocycles. The lowest BCUT2D eigenvalue weighted by Crippen LogP contribution is -2.49. The number of nitrogens with one attached hydrogen (secondary N) is 1. The number of piperidine rings is 1. The number of aromatic nitrogens is 1. The van der Waals surface area contributed by atoms with Crippen LogP contribution in [0.1, 0.15) is 23.3 Å². The monoisotopic (exact) mass is 383 g/mol. The Balaban J connectivity index is 1.71. The van der Waals surface area contributed by atoms with Crippen molar-refractivity contribution < 1.29 is 17.6 Å². The lowest BCUT2D eigenvalue weighted by Gasteiger charge is -2.32. The minimum atomic E-state index is -3.31. The number of halogens is 1. The number of benzene rings is 1. The average molecular weight is 383 g/mol. The first kappa shape index (κ1) is 18.0. The molecular weight excluding hydrogens is 365 g/mol. The summed E-state index contributed by atoms with van der Waals surface area (Å²) >= 11 is 1.32. The Bertz CT molecular complexity index is 865. The van der Waals surface area contributed by atoms with E-state index in [0.29, 0.717) is 30.2 Å². The zero-order valence-electron chi connectivity index (χ0n) is 13.6. The van der Waals surface area contributed by atoms with Crippen LogP contribution in [0, 0.1) is 5.82 Å². The fourth-order valence-electron chi connectivity index (χ4n) is 2.82. The van der Waals surface area contributed by atoms with E-state index in [0.717, 1.165) is 18.2 Å². The Morgan fingerprint density at radius 1 is 1.36 bits per heavy atom. The molecule has 1 saturated heterocycles. The Labute approximate surface area is 149 Å². The van der Waals surface area contributed by atoms with Gasteiger partial charge in [-0.05, 0) is 37.1 Å². The Hall–Kier alpha value is -1.84. The predicted octanol–water partition coefficient (Wildman–Crippen LogP) is 2.10. The van der Waals surface area contributed by atoms with Crippen molar-refractivity contribution in [3.63, 3.8) is 0 Å². The quantitative estimate of drug-likeness (QED) is 0.877. The van der Waals surface area contributed by atoms with E-state index in [1.807, 2.05) is 0 Å². The van der Waals surface area contributed by atoms with Crippen molar-refractivity contribution in [2.45, 2.75) is 18.9 Å². The van der Waals surface area contributed by atoms with Gasteiger partial charge < -0.3 is 4.90 Å². The molecule has 1 aliphatic heterocycles. The molecule has 1 aromatic heterocycles. The molecule has 2 heterocycles. The van der Waals surface area contributed by atoms with Crippen molar-refractivity contribution in [3.05, 3.63) is 41.2 Å². The number of sulfonamides is 1. The molecule has 1 atom stereocenters. The fourth-order valence-corrected chi connectivity index (χ4v) is 4.42. The second-order valence-electron chi connectivity index (χ2n) is 6.03. The third-order valence-corrected chi connectivity index (χ3v) is 5.56. The van der Waals surface area contributed by atoms with Gasteiger partial charge in [-0.25, -0.2) is 22.5 Å². The molecule has 0 spiro atoms. The lowest BCUT2D eigenvalue weighted by atomic mass is 10.1. The topological polar surface area (TPSA) is 79.4 Å². The minimum absolute atomic E-state index is 0.218. The van der Waals surface area contributed by atoms with Crippen molar-refractivity contribution in [1.29, 1.82) is 0 Å². The van der Waals surface area contributed by atoms with Crippen LogP contribution in [-0.4, -0.2) is 49.6 Å². The molecule has 2 aromatic rings. The van der Waals surface area contributed by atoms with Gasteiger partial charge in [-0.3, -0.25) is 4.79 Å². The summed E-state index contributed by atoms with van der Waals surface area (Å²) in [4.78, 5) is 18.6. The maximum absolute atomic E-state index is 13.0. The highest BCUT2D eigenvalue weighted by Gasteiger charge is 2.27. The summed E-state index contributed by atoms with van der Waals surface area (Å²) in [6.45, 7) is 0.902. The van der Waals surface area contributed by atoms with Crippen molar-refractivity contribution >= 4 is 27.3 Å². The first-order valence-electron chi connectivity index (χ1n) is 7.80. The van der Waals surface area contributed by atoms with Crippen LogP contribution in [-0.2, 0) is 10.0 Å². The summed E-state index contributed by atoms with van der Waals surface area (Å²) in [6, 6.07) is 5.67. The number of carbonyl (C=O) groups excluding carboxylic acids is 1. The molecule has 0 aliphatic carbocycles. The lowest BCUT2D eigenvalue weighted by molar-refractivity contribution is 0.0698. The van der Waals surface area contributed by atoms with Crippen LogP contribution in [0.2, 0.25) is 0 Å². The summed E-state index contributed by atoms with van der Waals surface area (Å²) in [5, 5.41) is 2.32. The maximum Gasteiger partial charge on any atom is 0.273 e. The largest absolute Gasteiger partial charge is 0.336 e. The van der Waals surface area contributed by atoms with E-state index >= 15 is 0 Å². The predicted molar refractivity (Wildman–Crippen MR) is 94.4 cm³/mol. The van der Waals surface area contributed by atoms with Crippen molar-refractivity contribution in [2.75, 3.05) is 19.3 Å². The van der Waals surface area contributed by atoms with Crippen LogP contribution in [0.4, 0.5) is 4.39 Å². The van der Waals surface area contributed by atoms with Gasteiger partial charge >= 0.3 is 0 Å². The van der Waals surface area contributed by atoms with Gasteiger partial charge in [0.1, 0.15) is 16.5 Å². The molecule has 0 bridgehead atoms. The third kappa shape index (κ3) is 4.62. The van der Waals surface area contributed by atoms with E-state index in [2.05, 4.69) is 9.71 Å². The van der Waals surface area contributed by atoms with Crippen LogP contribution in [0.3, 0.4) is 0 Å². The number of hydrogen-bond acceptors (Lipinski definition) is 5. The van der Waals surface area contributed by atoms with E-state index in [1.165, 1.54) is 23.5 Å². The molecule has 1 N–H and O–H groups in total. The summed E-state index contributed by atoms with van der Waals surface area (Å²) in [6.07, 6.45) is 2.55. The van der Waals surface area contributed by atoms with Gasteiger partial charge in [0.2, 0.25) is 10.0 Å². The van der Waals surface area contributed by atoms with Gasteiger partial charge in [0.25, 0.3) is 5.91 Å². The Morgan fingerprint density at radius 3 is 2.76 bits per heavy atom. The smallest absolute Gasteiger partial charge is 0.273 e. The molecule has 1 amide bonds. The second kappa shape index (κ2) is 7.19. The highest BCUT2D eigenvalue weighted by molar-refractivity contribution is 7.88. The number of thiazole rings is 1. The molecule has 6 nitrogen and oxygen atoms in total. The van der Waals surface area contributed by atoms with Crippen molar-refractivity contribution in [3.8, 4) is 10.6 Å². The molecule has 3 rings (SSSR count). The number of likely N-dealkylation sites (tertiary alicyclic amines) is 1. The average Bonchev–Trinajstić information content (AvgIpc) is 3.03. The van der Waals surface area contributed by atoms with Crippen molar-refractivity contribution in [1.82, 2.24) is 14.6 Å². The minimum Gasteiger partial charge on any atom is -0.336 e. The number of amides is 1. The van der Waals surface area contributed by atoms with Gasteiger partial charge in [-0.2, -0.15) is 0 Å². The summed E-state index contributed by atoms with van der Waals surface area (Å²) in [7, 11) is -3.31. The molecule has 25 heavy (non-hydrogen) atoms.